The molecule has 3 aromatic carbocycles. The molecular weight excluding hydrogens is 312 g/mol. The third-order valence-electron chi connectivity index (χ3n) is 3.92. The zero-order chi connectivity index (χ0) is 17.3. The first-order chi connectivity index (χ1) is 12.3. The maximum Gasteiger partial charge on any atom is 0.125 e. The third-order valence-corrected chi connectivity index (χ3v) is 3.92. The number of ether oxygens (including phenoxy) is 2. The van der Waals surface area contributed by atoms with E-state index in [0.717, 1.165) is 22.3 Å². The average Bonchev–Trinajstić information content (AvgIpc) is 2.68. The summed E-state index contributed by atoms with van der Waals surface area (Å²) in [4.78, 5) is 0. The first-order valence-electron chi connectivity index (χ1n) is 8.36. The van der Waals surface area contributed by atoms with Crippen LogP contribution in [0.25, 0.3) is 0 Å². The van der Waals surface area contributed by atoms with E-state index in [-0.39, 0.29) is 6.61 Å². The molecule has 3 nitrogen and oxygen atoms in total. The molecule has 0 saturated carbocycles. The Morgan fingerprint density at radius 2 is 1.24 bits per heavy atom. The molecule has 0 radical (unpaired) electrons. The molecule has 0 fully saturated rings. The van der Waals surface area contributed by atoms with Crippen LogP contribution in [0.5, 0.6) is 5.75 Å². The summed E-state index contributed by atoms with van der Waals surface area (Å²) in [5.74, 6) is 0.701. The van der Waals surface area contributed by atoms with Crippen molar-refractivity contribution >= 4 is 0 Å². The summed E-state index contributed by atoms with van der Waals surface area (Å²) >= 11 is 0. The van der Waals surface area contributed by atoms with Crippen molar-refractivity contribution in [2.45, 2.75) is 26.4 Å². The van der Waals surface area contributed by atoms with Gasteiger partial charge in [-0.2, -0.15) is 0 Å². The van der Waals surface area contributed by atoms with Crippen LogP contribution in [0.3, 0.4) is 0 Å². The van der Waals surface area contributed by atoms with Gasteiger partial charge in [-0.05, 0) is 22.8 Å². The molecule has 0 spiro atoms. The van der Waals surface area contributed by atoms with Gasteiger partial charge < -0.3 is 14.6 Å². The topological polar surface area (TPSA) is 38.7 Å². The summed E-state index contributed by atoms with van der Waals surface area (Å²) in [5, 5.41) is 9.52. The quantitative estimate of drug-likeness (QED) is 0.660. The van der Waals surface area contributed by atoms with Crippen molar-refractivity contribution in [3.8, 4) is 5.75 Å². The van der Waals surface area contributed by atoms with Crippen molar-refractivity contribution in [2.24, 2.45) is 0 Å². The van der Waals surface area contributed by atoms with E-state index < -0.39 is 0 Å². The third kappa shape index (κ3) is 5.18. The summed E-state index contributed by atoms with van der Waals surface area (Å²) < 4.78 is 11.7. The summed E-state index contributed by atoms with van der Waals surface area (Å²) in [5.41, 5.74) is 4.05. The molecule has 0 heterocycles. The average molecular weight is 334 g/mol. The van der Waals surface area contributed by atoms with Gasteiger partial charge in [0.25, 0.3) is 0 Å². The van der Waals surface area contributed by atoms with E-state index in [2.05, 4.69) is 0 Å². The van der Waals surface area contributed by atoms with Gasteiger partial charge >= 0.3 is 0 Å². The monoisotopic (exact) mass is 334 g/mol. The Balaban J connectivity index is 1.61. The van der Waals surface area contributed by atoms with E-state index in [1.165, 1.54) is 0 Å². The van der Waals surface area contributed by atoms with Crippen LogP contribution < -0.4 is 4.74 Å². The molecule has 0 atom stereocenters. The minimum Gasteiger partial charge on any atom is -0.489 e. The molecule has 0 aromatic heterocycles. The van der Waals surface area contributed by atoms with Gasteiger partial charge in [0.1, 0.15) is 12.4 Å². The zero-order valence-corrected chi connectivity index (χ0v) is 14.1. The summed E-state index contributed by atoms with van der Waals surface area (Å²) in [6, 6.07) is 25.9. The highest BCUT2D eigenvalue weighted by Crippen LogP contribution is 2.22. The minimum absolute atomic E-state index is 0.0464. The van der Waals surface area contributed by atoms with Gasteiger partial charge in [0, 0.05) is 5.56 Å². The maximum atomic E-state index is 9.52. The van der Waals surface area contributed by atoms with Gasteiger partial charge in [-0.15, -0.1) is 0 Å². The second-order valence-corrected chi connectivity index (χ2v) is 5.85. The molecule has 3 rings (SSSR count). The summed E-state index contributed by atoms with van der Waals surface area (Å²) in [6.45, 7) is 1.50. The lowest BCUT2D eigenvalue weighted by Crippen LogP contribution is -2.01. The Morgan fingerprint density at radius 3 is 1.88 bits per heavy atom. The van der Waals surface area contributed by atoms with Crippen molar-refractivity contribution in [3.05, 3.63) is 101 Å². The first kappa shape index (κ1) is 17.2. The van der Waals surface area contributed by atoms with E-state index in [1.54, 1.807) is 0 Å². The SMILES string of the molecule is OCc1ccc(COCc2ccccc2)cc1OCc1ccccc1. The number of benzene rings is 3. The lowest BCUT2D eigenvalue weighted by Gasteiger charge is -2.12. The van der Waals surface area contributed by atoms with Gasteiger partial charge in [0.05, 0.1) is 19.8 Å². The van der Waals surface area contributed by atoms with Crippen LogP contribution >= 0.6 is 0 Å². The number of hydrogen-bond donors (Lipinski definition) is 1. The van der Waals surface area contributed by atoms with Crippen LogP contribution in [0.1, 0.15) is 22.3 Å². The van der Waals surface area contributed by atoms with Crippen LogP contribution in [0, 0.1) is 0 Å². The Morgan fingerprint density at radius 1 is 0.640 bits per heavy atom. The Kier molecular flexibility index (Phi) is 6.21. The van der Waals surface area contributed by atoms with Crippen LogP contribution in [0.2, 0.25) is 0 Å². The van der Waals surface area contributed by atoms with Gasteiger partial charge in [-0.3, -0.25) is 0 Å². The van der Waals surface area contributed by atoms with Gasteiger partial charge in [0.15, 0.2) is 0 Å². The molecule has 0 aliphatic heterocycles. The number of aliphatic hydroxyl groups excluding tert-OH is 1. The van der Waals surface area contributed by atoms with Crippen molar-refractivity contribution in [1.82, 2.24) is 0 Å². The van der Waals surface area contributed by atoms with E-state index in [1.807, 2.05) is 78.9 Å². The predicted molar refractivity (Wildman–Crippen MR) is 98.1 cm³/mol. The molecule has 0 bridgehead atoms. The van der Waals surface area contributed by atoms with Gasteiger partial charge in [0.2, 0.25) is 0 Å². The van der Waals surface area contributed by atoms with Crippen LogP contribution in [0.4, 0.5) is 0 Å². The molecule has 0 amide bonds. The van der Waals surface area contributed by atoms with Crippen molar-refractivity contribution in [1.29, 1.82) is 0 Å². The lowest BCUT2D eigenvalue weighted by molar-refractivity contribution is 0.107. The molecule has 1 N–H and O–H groups in total. The van der Waals surface area contributed by atoms with Crippen LogP contribution in [-0.4, -0.2) is 5.11 Å². The fourth-order valence-electron chi connectivity index (χ4n) is 2.55. The molecule has 3 heteroatoms. The normalized spacial score (nSPS) is 10.6. The minimum atomic E-state index is -0.0464. The molecule has 0 aliphatic rings. The molecule has 0 aliphatic carbocycles. The zero-order valence-electron chi connectivity index (χ0n) is 14.1. The summed E-state index contributed by atoms with van der Waals surface area (Å²) in [6.07, 6.45) is 0. The fraction of sp³-hybridized carbons (Fsp3) is 0.182. The predicted octanol–water partition coefficient (Wildman–Crippen LogP) is 4.47. The molecule has 0 unspecified atom stereocenters. The Bertz CT molecular complexity index is 770. The summed E-state index contributed by atoms with van der Waals surface area (Å²) in [7, 11) is 0. The van der Waals surface area contributed by atoms with Crippen molar-refractivity contribution in [3.63, 3.8) is 0 Å². The van der Waals surface area contributed by atoms with Crippen molar-refractivity contribution in [2.75, 3.05) is 0 Å². The highest BCUT2D eigenvalue weighted by molar-refractivity contribution is 5.37. The molecule has 3 aromatic rings. The standard InChI is InChI=1S/C22H22O3/c23-14-21-12-11-20(16-24-15-18-7-3-1-4-8-18)13-22(21)25-17-19-9-5-2-6-10-19/h1-13,23H,14-17H2. The second kappa shape index (κ2) is 9.02. The highest BCUT2D eigenvalue weighted by atomic mass is 16.5. The lowest BCUT2D eigenvalue weighted by atomic mass is 10.1. The highest BCUT2D eigenvalue weighted by Gasteiger charge is 2.06. The van der Waals surface area contributed by atoms with E-state index in [0.29, 0.717) is 25.6 Å². The molecule has 25 heavy (non-hydrogen) atoms. The Labute approximate surface area is 148 Å². The smallest absolute Gasteiger partial charge is 0.125 e. The number of aliphatic hydroxyl groups is 1. The van der Waals surface area contributed by atoms with Crippen LogP contribution in [0.15, 0.2) is 78.9 Å². The van der Waals surface area contributed by atoms with E-state index >= 15 is 0 Å². The fourth-order valence-corrected chi connectivity index (χ4v) is 2.55. The van der Waals surface area contributed by atoms with E-state index in [9.17, 15) is 5.11 Å². The second-order valence-electron chi connectivity index (χ2n) is 5.85. The Hall–Kier alpha value is -2.62. The molecule has 0 saturated heterocycles. The van der Waals surface area contributed by atoms with Gasteiger partial charge in [-0.25, -0.2) is 0 Å². The van der Waals surface area contributed by atoms with Crippen molar-refractivity contribution < 1.29 is 14.6 Å². The number of rotatable bonds is 8. The van der Waals surface area contributed by atoms with E-state index in [4.69, 9.17) is 9.47 Å². The molecular formula is C22H22O3. The largest absolute Gasteiger partial charge is 0.489 e. The molecule has 128 valence electrons. The van der Waals surface area contributed by atoms with Crippen LogP contribution in [-0.2, 0) is 31.2 Å². The first-order valence-corrected chi connectivity index (χ1v) is 8.36. The number of hydrogen-bond acceptors (Lipinski definition) is 3. The maximum absolute atomic E-state index is 9.52. The van der Waals surface area contributed by atoms with Gasteiger partial charge in [-0.1, -0.05) is 72.8 Å².